The molecule has 0 bridgehead atoms. The SMILES string of the molecule is Cc1ccc2cc(-c3ccnc(-c4[c-]ccc5c4oc4c5ccc5ccc(C)nc54)c3)c(C)cc2n1.[Ir].[c-]1ccccc1-c1ccccn1. The summed E-state index contributed by atoms with van der Waals surface area (Å²) in [6.07, 6.45) is 3.65. The fourth-order valence-corrected chi connectivity index (χ4v) is 6.17. The van der Waals surface area contributed by atoms with Crippen LogP contribution in [0.15, 0.2) is 132 Å². The zero-order chi connectivity index (χ0) is 32.6. The van der Waals surface area contributed by atoms with Crippen LogP contribution in [-0.2, 0) is 20.1 Å². The number of furan rings is 1. The van der Waals surface area contributed by atoms with Gasteiger partial charge in [0.05, 0.1) is 11.1 Å². The molecule has 1 radical (unpaired) electrons. The molecule has 5 nitrogen and oxygen atoms in total. The van der Waals surface area contributed by atoms with Crippen LogP contribution < -0.4 is 0 Å². The Morgan fingerprint density at radius 2 is 1.37 bits per heavy atom. The summed E-state index contributed by atoms with van der Waals surface area (Å²) in [6, 6.07) is 45.3. The maximum absolute atomic E-state index is 6.50. The van der Waals surface area contributed by atoms with E-state index < -0.39 is 0 Å². The molecule has 0 fully saturated rings. The number of nitrogens with zero attached hydrogens (tertiary/aromatic N) is 4. The molecule has 0 aliphatic heterocycles. The summed E-state index contributed by atoms with van der Waals surface area (Å²) in [6.45, 7) is 6.15. The average Bonchev–Trinajstić information content (AvgIpc) is 3.52. The van der Waals surface area contributed by atoms with E-state index in [1.807, 2.05) is 74.6 Å². The Morgan fingerprint density at radius 1 is 0.592 bits per heavy atom. The third-order valence-corrected chi connectivity index (χ3v) is 8.55. The molecule has 4 aromatic carbocycles. The first-order valence-corrected chi connectivity index (χ1v) is 15.9. The van der Waals surface area contributed by atoms with E-state index in [4.69, 9.17) is 14.4 Å². The largest absolute Gasteiger partial charge is 0.498 e. The molecular weight excluding hydrogens is 781 g/mol. The Morgan fingerprint density at radius 3 is 2.18 bits per heavy atom. The number of rotatable bonds is 3. The minimum atomic E-state index is 0. The third-order valence-electron chi connectivity index (χ3n) is 8.55. The Kier molecular flexibility index (Phi) is 8.83. The Labute approximate surface area is 298 Å². The molecular formula is C43H30IrN4O-2. The number of hydrogen-bond acceptors (Lipinski definition) is 5. The van der Waals surface area contributed by atoms with E-state index in [2.05, 4.69) is 89.7 Å². The van der Waals surface area contributed by atoms with Crippen molar-refractivity contribution in [1.82, 2.24) is 19.9 Å². The van der Waals surface area contributed by atoms with Crippen molar-refractivity contribution in [3.8, 4) is 33.6 Å². The minimum Gasteiger partial charge on any atom is -0.498 e. The molecule has 0 unspecified atom stereocenters. The van der Waals surface area contributed by atoms with E-state index >= 15 is 0 Å². The van der Waals surface area contributed by atoms with E-state index in [-0.39, 0.29) is 20.1 Å². The summed E-state index contributed by atoms with van der Waals surface area (Å²) in [7, 11) is 0. The van der Waals surface area contributed by atoms with Crippen LogP contribution in [0, 0.1) is 32.9 Å². The average molecular weight is 811 g/mol. The predicted molar refractivity (Wildman–Crippen MR) is 195 cm³/mol. The molecule has 6 heteroatoms. The molecule has 0 amide bonds. The van der Waals surface area contributed by atoms with Crippen LogP contribution in [0.5, 0.6) is 0 Å². The van der Waals surface area contributed by atoms with Crippen LogP contribution >= 0.6 is 0 Å². The minimum absolute atomic E-state index is 0. The van der Waals surface area contributed by atoms with Gasteiger partial charge < -0.3 is 14.4 Å². The van der Waals surface area contributed by atoms with E-state index in [1.54, 1.807) is 6.20 Å². The number of fused-ring (bicyclic) bond motifs is 6. The van der Waals surface area contributed by atoms with Crippen LogP contribution in [0.25, 0.3) is 77.4 Å². The monoisotopic (exact) mass is 811 g/mol. The smallest absolute Gasteiger partial charge is 0.147 e. The third kappa shape index (κ3) is 6.25. The van der Waals surface area contributed by atoms with Gasteiger partial charge in [-0.25, -0.2) is 4.98 Å². The van der Waals surface area contributed by atoms with Crippen molar-refractivity contribution in [3.05, 3.63) is 157 Å². The summed E-state index contributed by atoms with van der Waals surface area (Å²) >= 11 is 0. The second-order valence-corrected chi connectivity index (χ2v) is 11.9. The van der Waals surface area contributed by atoms with Gasteiger partial charge in [-0.1, -0.05) is 53.4 Å². The maximum atomic E-state index is 6.50. The summed E-state index contributed by atoms with van der Waals surface area (Å²) in [5.41, 5.74) is 12.6. The Hall–Kier alpha value is -5.55. The number of benzene rings is 4. The van der Waals surface area contributed by atoms with Crippen LogP contribution in [0.3, 0.4) is 0 Å². The molecule has 239 valence electrons. The summed E-state index contributed by atoms with van der Waals surface area (Å²) in [4.78, 5) is 18.4. The number of aromatic nitrogens is 4. The van der Waals surface area contributed by atoms with Crippen molar-refractivity contribution in [2.75, 3.05) is 0 Å². The van der Waals surface area contributed by atoms with Crippen molar-refractivity contribution in [2.24, 2.45) is 0 Å². The molecule has 9 aromatic rings. The van der Waals surface area contributed by atoms with Crippen molar-refractivity contribution < 1.29 is 24.5 Å². The predicted octanol–water partition coefficient (Wildman–Crippen LogP) is 10.7. The first kappa shape index (κ1) is 32.0. The molecule has 0 atom stereocenters. The molecule has 0 N–H and O–H groups in total. The number of hydrogen-bond donors (Lipinski definition) is 0. The topological polar surface area (TPSA) is 64.7 Å². The maximum Gasteiger partial charge on any atom is 0.147 e. The van der Waals surface area contributed by atoms with Crippen LogP contribution in [0.1, 0.15) is 17.0 Å². The van der Waals surface area contributed by atoms with E-state index in [1.165, 1.54) is 11.1 Å². The van der Waals surface area contributed by atoms with Gasteiger partial charge in [-0.05, 0) is 85.2 Å². The molecule has 0 saturated carbocycles. The van der Waals surface area contributed by atoms with E-state index in [0.29, 0.717) is 0 Å². The van der Waals surface area contributed by atoms with Crippen LogP contribution in [0.4, 0.5) is 0 Å². The molecule has 0 saturated heterocycles. The van der Waals surface area contributed by atoms with E-state index in [0.717, 1.165) is 83.2 Å². The first-order chi connectivity index (χ1) is 23.5. The summed E-state index contributed by atoms with van der Waals surface area (Å²) in [5, 5.41) is 4.28. The molecule has 9 rings (SSSR count). The standard InChI is InChI=1S/C32H22N3O.C11H8N.Ir/c1-18-15-28-23(10-8-19(2)34-28)16-27(18)22-13-14-33-29(17-22)26-6-4-5-24-25-12-11-21-9-7-20(3)35-30(21)32(25)36-31(24)26;1-2-6-10(7-3-1)11-8-4-5-9-12-11;/h4-5,7-17H,1-3H3;1-6,8-9H;/q2*-1;. The van der Waals surface area contributed by atoms with Gasteiger partial charge in [0.2, 0.25) is 0 Å². The summed E-state index contributed by atoms with van der Waals surface area (Å²) < 4.78 is 6.50. The van der Waals surface area contributed by atoms with Gasteiger partial charge in [0, 0.05) is 60.0 Å². The molecule has 0 spiro atoms. The zero-order valence-electron chi connectivity index (χ0n) is 27.2. The second kappa shape index (κ2) is 13.5. The van der Waals surface area contributed by atoms with Gasteiger partial charge >= 0.3 is 0 Å². The fourth-order valence-electron chi connectivity index (χ4n) is 6.17. The first-order valence-electron chi connectivity index (χ1n) is 15.9. The molecule has 0 aliphatic rings. The van der Waals surface area contributed by atoms with E-state index in [9.17, 15) is 0 Å². The van der Waals surface area contributed by atoms with Crippen LogP contribution in [0.2, 0.25) is 0 Å². The second-order valence-electron chi connectivity index (χ2n) is 11.9. The van der Waals surface area contributed by atoms with Crippen molar-refractivity contribution in [3.63, 3.8) is 0 Å². The summed E-state index contributed by atoms with van der Waals surface area (Å²) in [5.74, 6) is 0. The van der Waals surface area contributed by atoms with Gasteiger partial charge in [0.25, 0.3) is 0 Å². The van der Waals surface area contributed by atoms with Gasteiger partial charge in [-0.3, -0.25) is 4.98 Å². The van der Waals surface area contributed by atoms with Gasteiger partial charge in [0.15, 0.2) is 0 Å². The molecule has 5 heterocycles. The zero-order valence-corrected chi connectivity index (χ0v) is 29.5. The van der Waals surface area contributed by atoms with Crippen molar-refractivity contribution in [2.45, 2.75) is 20.8 Å². The van der Waals surface area contributed by atoms with Crippen molar-refractivity contribution in [1.29, 1.82) is 0 Å². The van der Waals surface area contributed by atoms with Gasteiger partial charge in [0.1, 0.15) is 11.1 Å². The molecule has 5 aromatic heterocycles. The number of aryl methyl sites for hydroxylation is 3. The van der Waals surface area contributed by atoms with Gasteiger partial charge in [-0.15, -0.1) is 54.1 Å². The normalized spacial score (nSPS) is 11.0. The van der Waals surface area contributed by atoms with Gasteiger partial charge in [-0.2, -0.15) is 0 Å². The number of pyridine rings is 4. The quantitative estimate of drug-likeness (QED) is 0.166. The van der Waals surface area contributed by atoms with Crippen LogP contribution in [-0.4, -0.2) is 19.9 Å². The van der Waals surface area contributed by atoms with Crippen molar-refractivity contribution >= 4 is 43.7 Å². The fraction of sp³-hybridized carbons (Fsp3) is 0.0698. The molecule has 49 heavy (non-hydrogen) atoms. The molecule has 0 aliphatic carbocycles. The Balaban J connectivity index is 0.000000246. The Bertz CT molecular complexity index is 2560.